The Labute approximate surface area is 120 Å². The van der Waals surface area contributed by atoms with E-state index in [2.05, 4.69) is 10.2 Å². The SMILES string of the molecule is CN(C)C(=O)c1ccccc1NC1CCN2CCCC12. The minimum Gasteiger partial charge on any atom is -0.380 e. The fourth-order valence-electron chi connectivity index (χ4n) is 3.49. The Kier molecular flexibility index (Phi) is 3.66. The number of carbonyl (C=O) groups is 1. The molecule has 3 rings (SSSR count). The van der Waals surface area contributed by atoms with Crippen molar-refractivity contribution in [3.05, 3.63) is 29.8 Å². The molecule has 1 aromatic rings. The van der Waals surface area contributed by atoms with Gasteiger partial charge in [0.25, 0.3) is 5.91 Å². The lowest BCUT2D eigenvalue weighted by atomic mass is 10.0. The van der Waals surface area contributed by atoms with Gasteiger partial charge in [0.15, 0.2) is 0 Å². The number of nitrogens with one attached hydrogen (secondary N) is 1. The summed E-state index contributed by atoms with van der Waals surface area (Å²) >= 11 is 0. The summed E-state index contributed by atoms with van der Waals surface area (Å²) in [5.41, 5.74) is 1.75. The van der Waals surface area contributed by atoms with Crippen molar-refractivity contribution in [2.75, 3.05) is 32.5 Å². The molecule has 0 bridgehead atoms. The van der Waals surface area contributed by atoms with Crippen LogP contribution in [0.4, 0.5) is 5.69 Å². The van der Waals surface area contributed by atoms with Gasteiger partial charge in [-0.2, -0.15) is 0 Å². The predicted octanol–water partition coefficient (Wildman–Crippen LogP) is 2.04. The first-order valence-corrected chi connectivity index (χ1v) is 7.48. The molecule has 108 valence electrons. The first-order chi connectivity index (χ1) is 9.66. The van der Waals surface area contributed by atoms with Crippen LogP contribution in [-0.2, 0) is 0 Å². The molecule has 2 saturated heterocycles. The molecule has 4 nitrogen and oxygen atoms in total. The van der Waals surface area contributed by atoms with E-state index < -0.39 is 0 Å². The van der Waals surface area contributed by atoms with Gasteiger partial charge in [-0.1, -0.05) is 12.1 Å². The van der Waals surface area contributed by atoms with E-state index >= 15 is 0 Å². The van der Waals surface area contributed by atoms with Crippen LogP contribution >= 0.6 is 0 Å². The van der Waals surface area contributed by atoms with E-state index in [0.717, 1.165) is 11.3 Å². The van der Waals surface area contributed by atoms with Crippen molar-refractivity contribution in [1.29, 1.82) is 0 Å². The molecule has 1 N–H and O–H groups in total. The van der Waals surface area contributed by atoms with E-state index in [9.17, 15) is 4.79 Å². The molecule has 0 radical (unpaired) electrons. The van der Waals surface area contributed by atoms with Gasteiger partial charge in [0.2, 0.25) is 0 Å². The molecule has 0 saturated carbocycles. The molecule has 2 fully saturated rings. The second-order valence-electron chi connectivity index (χ2n) is 6.03. The summed E-state index contributed by atoms with van der Waals surface area (Å²) in [5.74, 6) is 0.0642. The standard InChI is InChI=1S/C16H23N3O/c1-18(2)16(20)12-6-3-4-7-13(12)17-14-9-11-19-10-5-8-15(14)19/h3-4,6-7,14-15,17H,5,8-11H2,1-2H3. The molecule has 2 aliphatic rings. The zero-order valence-corrected chi connectivity index (χ0v) is 12.3. The number of hydrogen-bond acceptors (Lipinski definition) is 3. The van der Waals surface area contributed by atoms with E-state index in [1.54, 1.807) is 19.0 Å². The van der Waals surface area contributed by atoms with Gasteiger partial charge in [-0.05, 0) is 37.9 Å². The van der Waals surface area contributed by atoms with E-state index in [4.69, 9.17) is 0 Å². The molecule has 2 atom stereocenters. The molecule has 1 aromatic carbocycles. The van der Waals surface area contributed by atoms with Crippen LogP contribution in [-0.4, -0.2) is 55.0 Å². The van der Waals surface area contributed by atoms with Crippen LogP contribution < -0.4 is 5.32 Å². The maximum atomic E-state index is 12.2. The van der Waals surface area contributed by atoms with Gasteiger partial charge < -0.3 is 10.2 Å². The van der Waals surface area contributed by atoms with Crippen molar-refractivity contribution in [1.82, 2.24) is 9.80 Å². The summed E-state index contributed by atoms with van der Waals surface area (Å²) in [6.45, 7) is 2.42. The summed E-state index contributed by atoms with van der Waals surface area (Å²) in [7, 11) is 3.60. The summed E-state index contributed by atoms with van der Waals surface area (Å²) in [6, 6.07) is 8.99. The van der Waals surface area contributed by atoms with E-state index in [1.165, 1.54) is 32.4 Å². The molecule has 2 unspecified atom stereocenters. The number of nitrogens with zero attached hydrogens (tertiary/aromatic N) is 2. The molecule has 4 heteroatoms. The van der Waals surface area contributed by atoms with Crippen molar-refractivity contribution in [3.63, 3.8) is 0 Å². The molecular formula is C16H23N3O. The molecule has 20 heavy (non-hydrogen) atoms. The maximum Gasteiger partial charge on any atom is 0.255 e. The number of carbonyl (C=O) groups excluding carboxylic acids is 1. The number of benzene rings is 1. The highest BCUT2D eigenvalue weighted by Gasteiger charge is 2.37. The number of anilines is 1. The molecule has 0 spiro atoms. The van der Waals surface area contributed by atoms with Gasteiger partial charge in [0.1, 0.15) is 0 Å². The third-order valence-corrected chi connectivity index (χ3v) is 4.51. The van der Waals surface area contributed by atoms with Crippen molar-refractivity contribution in [3.8, 4) is 0 Å². The number of amides is 1. The predicted molar refractivity (Wildman–Crippen MR) is 81.1 cm³/mol. The fourth-order valence-corrected chi connectivity index (χ4v) is 3.49. The van der Waals surface area contributed by atoms with Crippen molar-refractivity contribution in [2.45, 2.75) is 31.3 Å². The first kappa shape index (κ1) is 13.4. The van der Waals surface area contributed by atoms with Crippen LogP contribution in [0.25, 0.3) is 0 Å². The molecular weight excluding hydrogens is 250 g/mol. The average Bonchev–Trinajstić information content (AvgIpc) is 3.03. The van der Waals surface area contributed by atoms with Crippen molar-refractivity contribution in [2.24, 2.45) is 0 Å². The zero-order valence-electron chi connectivity index (χ0n) is 12.3. The second kappa shape index (κ2) is 5.44. The highest BCUT2D eigenvalue weighted by molar-refractivity contribution is 5.99. The van der Waals surface area contributed by atoms with E-state index in [1.807, 2.05) is 24.3 Å². The third-order valence-electron chi connectivity index (χ3n) is 4.51. The van der Waals surface area contributed by atoms with Gasteiger partial charge in [-0.25, -0.2) is 0 Å². The summed E-state index contributed by atoms with van der Waals surface area (Å²) < 4.78 is 0. The Morgan fingerprint density at radius 2 is 2.05 bits per heavy atom. The number of rotatable bonds is 3. The summed E-state index contributed by atoms with van der Waals surface area (Å²) in [4.78, 5) is 16.5. The highest BCUT2D eigenvalue weighted by atomic mass is 16.2. The number of fused-ring (bicyclic) bond motifs is 1. The minimum atomic E-state index is 0.0642. The second-order valence-corrected chi connectivity index (χ2v) is 6.03. The first-order valence-electron chi connectivity index (χ1n) is 7.48. The fraction of sp³-hybridized carbons (Fsp3) is 0.562. The maximum absolute atomic E-state index is 12.2. The van der Waals surface area contributed by atoms with Crippen LogP contribution in [0, 0.1) is 0 Å². The largest absolute Gasteiger partial charge is 0.380 e. The number of para-hydroxylation sites is 1. The van der Waals surface area contributed by atoms with Crippen LogP contribution in [0.15, 0.2) is 24.3 Å². The van der Waals surface area contributed by atoms with Crippen LogP contribution in [0.1, 0.15) is 29.6 Å². The van der Waals surface area contributed by atoms with E-state index in [0.29, 0.717) is 12.1 Å². The summed E-state index contributed by atoms with van der Waals surface area (Å²) in [5, 5.41) is 3.63. The third kappa shape index (κ3) is 2.40. The van der Waals surface area contributed by atoms with E-state index in [-0.39, 0.29) is 5.91 Å². The topological polar surface area (TPSA) is 35.6 Å². The Morgan fingerprint density at radius 1 is 1.25 bits per heavy atom. The van der Waals surface area contributed by atoms with Crippen molar-refractivity contribution >= 4 is 11.6 Å². The van der Waals surface area contributed by atoms with Gasteiger partial charge in [0.05, 0.1) is 5.56 Å². The minimum absolute atomic E-state index is 0.0642. The van der Waals surface area contributed by atoms with Crippen LogP contribution in [0.2, 0.25) is 0 Å². The highest BCUT2D eigenvalue weighted by Crippen LogP contribution is 2.31. The summed E-state index contributed by atoms with van der Waals surface area (Å²) in [6.07, 6.45) is 3.76. The Balaban J connectivity index is 1.79. The van der Waals surface area contributed by atoms with Gasteiger partial charge in [-0.15, -0.1) is 0 Å². The lowest BCUT2D eigenvalue weighted by Gasteiger charge is -2.24. The molecule has 0 aromatic heterocycles. The smallest absolute Gasteiger partial charge is 0.255 e. The van der Waals surface area contributed by atoms with Crippen molar-refractivity contribution < 1.29 is 4.79 Å². The lowest BCUT2D eigenvalue weighted by molar-refractivity contribution is 0.0828. The van der Waals surface area contributed by atoms with Gasteiger partial charge in [-0.3, -0.25) is 9.69 Å². The lowest BCUT2D eigenvalue weighted by Crippen LogP contribution is -2.34. The normalized spacial score (nSPS) is 25.5. The quantitative estimate of drug-likeness (QED) is 0.915. The van der Waals surface area contributed by atoms with Gasteiger partial charge in [0, 0.05) is 38.4 Å². The Morgan fingerprint density at radius 3 is 2.85 bits per heavy atom. The Bertz CT molecular complexity index is 500. The van der Waals surface area contributed by atoms with Gasteiger partial charge >= 0.3 is 0 Å². The average molecular weight is 273 g/mol. The molecule has 2 heterocycles. The Hall–Kier alpha value is -1.55. The van der Waals surface area contributed by atoms with Crippen LogP contribution in [0.3, 0.4) is 0 Å². The molecule has 0 aliphatic carbocycles. The monoisotopic (exact) mass is 273 g/mol. The molecule has 2 aliphatic heterocycles. The number of hydrogen-bond donors (Lipinski definition) is 1. The van der Waals surface area contributed by atoms with Crippen LogP contribution in [0.5, 0.6) is 0 Å². The molecule has 1 amide bonds. The zero-order chi connectivity index (χ0) is 14.1.